The fraction of sp³-hybridized carbons (Fsp3) is 0.667. The Labute approximate surface area is 77.4 Å². The summed E-state index contributed by atoms with van der Waals surface area (Å²) in [5.74, 6) is 0. The number of unbranched alkanes of at least 4 members (excludes halogenated alkanes) is 2. The van der Waals surface area contributed by atoms with E-state index in [-0.39, 0.29) is 0 Å². The maximum absolute atomic E-state index is 3.99. The summed E-state index contributed by atoms with van der Waals surface area (Å²) in [5, 5.41) is 0. The first-order valence-electron chi connectivity index (χ1n) is 5.07. The molecule has 0 heteroatoms. The number of rotatable bonds is 6. The summed E-state index contributed by atoms with van der Waals surface area (Å²) in [5.41, 5.74) is 2.72. The number of hydrogen-bond acceptors (Lipinski definition) is 0. The fourth-order valence-corrected chi connectivity index (χ4v) is 1.18. The van der Waals surface area contributed by atoms with E-state index in [0.29, 0.717) is 0 Å². The third-order valence-corrected chi connectivity index (χ3v) is 2.03. The Morgan fingerprint density at radius 2 is 1.92 bits per heavy atom. The number of allylic oxidation sites excluding steroid dienone is 3. The zero-order valence-electron chi connectivity index (χ0n) is 8.82. The smallest absolute Gasteiger partial charge is 0.0280 e. The molecule has 0 aliphatic rings. The van der Waals surface area contributed by atoms with E-state index in [2.05, 4.69) is 33.4 Å². The van der Waals surface area contributed by atoms with Crippen LogP contribution in [0.4, 0.5) is 0 Å². The lowest BCUT2D eigenvalue weighted by molar-refractivity contribution is 0.785. The maximum atomic E-state index is 3.99. The van der Waals surface area contributed by atoms with Crippen LogP contribution in [0.1, 0.15) is 52.9 Å². The molecule has 0 aliphatic heterocycles. The van der Waals surface area contributed by atoms with Crippen LogP contribution in [0, 0.1) is 0 Å². The van der Waals surface area contributed by atoms with Gasteiger partial charge in [-0.15, -0.1) is 0 Å². The molecular weight excluding hydrogens is 144 g/mol. The first-order valence-corrected chi connectivity index (χ1v) is 5.07. The van der Waals surface area contributed by atoms with E-state index in [1.54, 1.807) is 0 Å². The van der Waals surface area contributed by atoms with Gasteiger partial charge < -0.3 is 0 Å². The average Bonchev–Trinajstić information content (AvgIpc) is 2.04. The lowest BCUT2D eigenvalue weighted by Crippen LogP contribution is -1.85. The van der Waals surface area contributed by atoms with Crippen molar-refractivity contribution in [2.24, 2.45) is 0 Å². The minimum Gasteiger partial charge on any atom is -0.0958 e. The van der Waals surface area contributed by atoms with Crippen molar-refractivity contribution in [2.75, 3.05) is 0 Å². The lowest BCUT2D eigenvalue weighted by Gasteiger charge is -2.05. The van der Waals surface area contributed by atoms with Crippen LogP contribution in [0.2, 0.25) is 0 Å². The summed E-state index contributed by atoms with van der Waals surface area (Å²) in [6, 6.07) is 0. The zero-order valence-corrected chi connectivity index (χ0v) is 8.82. The van der Waals surface area contributed by atoms with Crippen LogP contribution in [-0.2, 0) is 0 Å². The highest BCUT2D eigenvalue weighted by molar-refractivity contribution is 5.25. The fourth-order valence-electron chi connectivity index (χ4n) is 1.18. The first-order chi connectivity index (χ1) is 5.72. The van der Waals surface area contributed by atoms with Crippen LogP contribution < -0.4 is 0 Å². The molecule has 0 aliphatic carbocycles. The van der Waals surface area contributed by atoms with Crippen molar-refractivity contribution >= 4 is 0 Å². The third kappa shape index (κ3) is 5.17. The van der Waals surface area contributed by atoms with Crippen LogP contribution in [-0.4, -0.2) is 0 Å². The van der Waals surface area contributed by atoms with Crippen LogP contribution in [0.15, 0.2) is 23.8 Å². The highest BCUT2D eigenvalue weighted by Gasteiger charge is 1.96. The van der Waals surface area contributed by atoms with Crippen LogP contribution >= 0.6 is 0 Å². The van der Waals surface area contributed by atoms with Gasteiger partial charge in [-0.2, -0.15) is 0 Å². The van der Waals surface area contributed by atoms with Crippen molar-refractivity contribution in [2.45, 2.75) is 52.9 Å². The molecule has 0 aromatic rings. The SMILES string of the molecule is C=C(C)/C(=C\CCC)CCCC. The minimum atomic E-state index is 1.20. The van der Waals surface area contributed by atoms with Gasteiger partial charge in [0.1, 0.15) is 0 Å². The van der Waals surface area contributed by atoms with Gasteiger partial charge in [-0.05, 0) is 31.8 Å². The van der Waals surface area contributed by atoms with E-state index in [4.69, 9.17) is 0 Å². The maximum Gasteiger partial charge on any atom is -0.0280 e. The molecule has 0 atom stereocenters. The lowest BCUT2D eigenvalue weighted by atomic mass is 10.0. The normalized spacial score (nSPS) is 11.8. The van der Waals surface area contributed by atoms with Gasteiger partial charge >= 0.3 is 0 Å². The van der Waals surface area contributed by atoms with Crippen LogP contribution in [0.5, 0.6) is 0 Å². The molecule has 0 amide bonds. The van der Waals surface area contributed by atoms with E-state index >= 15 is 0 Å². The highest BCUT2D eigenvalue weighted by atomic mass is 14.0. The molecule has 0 fully saturated rings. The van der Waals surface area contributed by atoms with Crippen molar-refractivity contribution < 1.29 is 0 Å². The minimum absolute atomic E-state index is 1.20. The molecule has 0 aromatic carbocycles. The van der Waals surface area contributed by atoms with Gasteiger partial charge in [-0.3, -0.25) is 0 Å². The predicted molar refractivity (Wildman–Crippen MR) is 57.3 cm³/mol. The Hall–Kier alpha value is -0.520. The second kappa shape index (κ2) is 7.15. The molecule has 70 valence electrons. The van der Waals surface area contributed by atoms with Gasteiger partial charge in [0.15, 0.2) is 0 Å². The van der Waals surface area contributed by atoms with Crippen molar-refractivity contribution in [3.63, 3.8) is 0 Å². The highest BCUT2D eigenvalue weighted by Crippen LogP contribution is 2.16. The van der Waals surface area contributed by atoms with E-state index in [1.165, 1.54) is 43.3 Å². The molecule has 0 bridgehead atoms. The van der Waals surface area contributed by atoms with Gasteiger partial charge in [0, 0.05) is 0 Å². The summed E-state index contributed by atoms with van der Waals surface area (Å²) in [6.45, 7) is 10.5. The van der Waals surface area contributed by atoms with Crippen molar-refractivity contribution in [3.05, 3.63) is 23.8 Å². The largest absolute Gasteiger partial charge is 0.0958 e. The summed E-state index contributed by atoms with van der Waals surface area (Å²) in [7, 11) is 0. The van der Waals surface area contributed by atoms with Gasteiger partial charge in [0.25, 0.3) is 0 Å². The molecular formula is C12H22. The molecule has 12 heavy (non-hydrogen) atoms. The standard InChI is InChI=1S/C12H22/c1-5-7-9-12(11(3)4)10-8-6-2/h9H,3,5-8,10H2,1-2,4H3/b12-9-. The summed E-state index contributed by atoms with van der Waals surface area (Å²) in [4.78, 5) is 0. The van der Waals surface area contributed by atoms with Crippen molar-refractivity contribution in [3.8, 4) is 0 Å². The Kier molecular flexibility index (Phi) is 6.84. The average molecular weight is 166 g/mol. The summed E-state index contributed by atoms with van der Waals surface area (Å²) < 4.78 is 0. The number of hydrogen-bond donors (Lipinski definition) is 0. The molecule has 0 spiro atoms. The molecule has 0 unspecified atom stereocenters. The zero-order chi connectivity index (χ0) is 9.40. The molecule has 0 nitrogen and oxygen atoms in total. The van der Waals surface area contributed by atoms with E-state index in [1.807, 2.05) is 0 Å². The van der Waals surface area contributed by atoms with E-state index < -0.39 is 0 Å². The molecule has 0 radical (unpaired) electrons. The Bertz CT molecular complexity index is 151. The molecule has 0 N–H and O–H groups in total. The first kappa shape index (κ1) is 11.5. The van der Waals surface area contributed by atoms with Crippen LogP contribution in [0.25, 0.3) is 0 Å². The summed E-state index contributed by atoms with van der Waals surface area (Å²) >= 11 is 0. The summed E-state index contributed by atoms with van der Waals surface area (Å²) in [6.07, 6.45) is 8.57. The van der Waals surface area contributed by atoms with E-state index in [9.17, 15) is 0 Å². The van der Waals surface area contributed by atoms with Crippen molar-refractivity contribution in [1.29, 1.82) is 0 Å². The Balaban J connectivity index is 3.94. The molecule has 0 saturated heterocycles. The van der Waals surface area contributed by atoms with Crippen molar-refractivity contribution in [1.82, 2.24) is 0 Å². The predicted octanol–water partition coefficient (Wildman–Crippen LogP) is 4.48. The Morgan fingerprint density at radius 1 is 1.25 bits per heavy atom. The van der Waals surface area contributed by atoms with Gasteiger partial charge in [-0.1, -0.05) is 44.9 Å². The van der Waals surface area contributed by atoms with Gasteiger partial charge in [0.2, 0.25) is 0 Å². The molecule has 0 heterocycles. The third-order valence-electron chi connectivity index (χ3n) is 2.03. The Morgan fingerprint density at radius 3 is 2.33 bits per heavy atom. The molecule has 0 saturated carbocycles. The van der Waals surface area contributed by atoms with E-state index in [0.717, 1.165) is 0 Å². The molecule has 0 rings (SSSR count). The quantitative estimate of drug-likeness (QED) is 0.510. The van der Waals surface area contributed by atoms with Gasteiger partial charge in [0.05, 0.1) is 0 Å². The second-order valence-electron chi connectivity index (χ2n) is 3.40. The second-order valence-corrected chi connectivity index (χ2v) is 3.40. The topological polar surface area (TPSA) is 0 Å². The molecule has 0 aromatic heterocycles. The van der Waals surface area contributed by atoms with Gasteiger partial charge in [-0.25, -0.2) is 0 Å². The monoisotopic (exact) mass is 166 g/mol. The van der Waals surface area contributed by atoms with Crippen LogP contribution in [0.3, 0.4) is 0 Å².